The normalized spacial score (nSPS) is 28.4. The van der Waals surface area contributed by atoms with Crippen LogP contribution in [0.15, 0.2) is 12.1 Å². The van der Waals surface area contributed by atoms with E-state index in [1.54, 1.807) is 6.92 Å². The van der Waals surface area contributed by atoms with Gasteiger partial charge in [0.1, 0.15) is 5.82 Å². The van der Waals surface area contributed by atoms with E-state index in [0.29, 0.717) is 5.69 Å². The fraction of sp³-hybridized carbons (Fsp3) is 0.500. The van der Waals surface area contributed by atoms with E-state index in [1.165, 1.54) is 12.1 Å². The molecule has 2 unspecified atom stereocenters. The van der Waals surface area contributed by atoms with Crippen molar-refractivity contribution in [2.24, 2.45) is 0 Å². The second kappa shape index (κ2) is 4.63. The summed E-state index contributed by atoms with van der Waals surface area (Å²) < 4.78 is 13.0. The fourth-order valence-corrected chi connectivity index (χ4v) is 2.80. The molecule has 0 bridgehead atoms. The number of benzene rings is 1. The fourth-order valence-electron chi connectivity index (χ4n) is 2.23. The molecule has 2 rings (SSSR count). The van der Waals surface area contributed by atoms with E-state index in [2.05, 4.69) is 5.32 Å². The largest absolute Gasteiger partial charge is 0.388 e. The third kappa shape index (κ3) is 2.67. The van der Waals surface area contributed by atoms with Crippen LogP contribution in [0.4, 0.5) is 10.1 Å². The van der Waals surface area contributed by atoms with Crippen molar-refractivity contribution >= 4 is 28.9 Å². The van der Waals surface area contributed by atoms with Gasteiger partial charge in [-0.05, 0) is 38.3 Å². The van der Waals surface area contributed by atoms with E-state index in [0.717, 1.165) is 19.3 Å². The highest BCUT2D eigenvalue weighted by Gasteiger charge is 2.37. The number of hydrogen-bond acceptors (Lipinski definition) is 2. The number of rotatable bonds is 2. The molecule has 1 aromatic rings. The standard InChI is InChI=1S/C12H14Cl2FNO/c1-12(17)4-2-3-10(12)16-11-8(13)5-7(15)6-9(11)14/h5-6,10,16-17H,2-4H2,1H3. The van der Waals surface area contributed by atoms with Crippen molar-refractivity contribution in [3.05, 3.63) is 28.0 Å². The van der Waals surface area contributed by atoms with Crippen LogP contribution in [0.5, 0.6) is 0 Å². The molecule has 0 aromatic heterocycles. The van der Waals surface area contributed by atoms with Gasteiger partial charge in [-0.25, -0.2) is 4.39 Å². The molecular weight excluding hydrogens is 264 g/mol. The Morgan fingerprint density at radius 2 is 2.00 bits per heavy atom. The van der Waals surface area contributed by atoms with Crippen LogP contribution >= 0.6 is 23.2 Å². The van der Waals surface area contributed by atoms with Gasteiger partial charge in [0.05, 0.1) is 27.4 Å². The van der Waals surface area contributed by atoms with Crippen molar-refractivity contribution in [2.45, 2.75) is 37.8 Å². The van der Waals surface area contributed by atoms with Crippen LogP contribution < -0.4 is 5.32 Å². The third-order valence-electron chi connectivity index (χ3n) is 3.25. The molecule has 2 N–H and O–H groups in total. The van der Waals surface area contributed by atoms with Crippen molar-refractivity contribution in [1.82, 2.24) is 0 Å². The molecule has 1 aliphatic carbocycles. The highest BCUT2D eigenvalue weighted by Crippen LogP contribution is 2.37. The highest BCUT2D eigenvalue weighted by molar-refractivity contribution is 6.39. The van der Waals surface area contributed by atoms with Crippen LogP contribution in [0.25, 0.3) is 0 Å². The Hall–Kier alpha value is -0.510. The maximum atomic E-state index is 13.0. The Morgan fingerprint density at radius 1 is 1.41 bits per heavy atom. The Morgan fingerprint density at radius 3 is 2.47 bits per heavy atom. The predicted molar refractivity (Wildman–Crippen MR) is 68.3 cm³/mol. The van der Waals surface area contributed by atoms with Gasteiger partial charge in [-0.1, -0.05) is 23.2 Å². The van der Waals surface area contributed by atoms with Crippen LogP contribution in [0.2, 0.25) is 10.0 Å². The van der Waals surface area contributed by atoms with Crippen LogP contribution in [0, 0.1) is 5.82 Å². The maximum Gasteiger partial charge on any atom is 0.126 e. The molecule has 1 fully saturated rings. The zero-order valence-corrected chi connectivity index (χ0v) is 10.9. The van der Waals surface area contributed by atoms with Crippen LogP contribution in [0.1, 0.15) is 26.2 Å². The Bertz CT molecular complexity index is 414. The van der Waals surface area contributed by atoms with Gasteiger partial charge in [-0.2, -0.15) is 0 Å². The SMILES string of the molecule is CC1(O)CCCC1Nc1c(Cl)cc(F)cc1Cl. The molecule has 5 heteroatoms. The van der Waals surface area contributed by atoms with E-state index in [9.17, 15) is 9.50 Å². The molecule has 0 heterocycles. The third-order valence-corrected chi connectivity index (χ3v) is 3.85. The molecule has 2 atom stereocenters. The Labute approximate surface area is 110 Å². The monoisotopic (exact) mass is 277 g/mol. The summed E-state index contributed by atoms with van der Waals surface area (Å²) in [5, 5.41) is 13.7. The van der Waals surface area contributed by atoms with Crippen molar-refractivity contribution in [2.75, 3.05) is 5.32 Å². The first-order valence-electron chi connectivity index (χ1n) is 5.53. The van der Waals surface area contributed by atoms with Gasteiger partial charge in [0.25, 0.3) is 0 Å². The molecule has 17 heavy (non-hydrogen) atoms. The van der Waals surface area contributed by atoms with Crippen molar-refractivity contribution < 1.29 is 9.50 Å². The van der Waals surface area contributed by atoms with E-state index < -0.39 is 11.4 Å². The van der Waals surface area contributed by atoms with Gasteiger partial charge < -0.3 is 10.4 Å². The summed E-state index contributed by atoms with van der Waals surface area (Å²) in [5.41, 5.74) is -0.289. The predicted octanol–water partition coefficient (Wildman–Crippen LogP) is 3.85. The molecular formula is C12H14Cl2FNO. The second-order valence-corrected chi connectivity index (χ2v) is 5.51. The summed E-state index contributed by atoms with van der Waals surface area (Å²) >= 11 is 11.9. The maximum absolute atomic E-state index is 13.0. The molecule has 0 radical (unpaired) electrons. The minimum atomic E-state index is -0.777. The van der Waals surface area contributed by atoms with E-state index in [4.69, 9.17) is 23.2 Å². The molecule has 0 amide bonds. The minimum absolute atomic E-state index is 0.108. The molecule has 0 spiro atoms. The summed E-state index contributed by atoms with van der Waals surface area (Å²) in [6.07, 6.45) is 2.53. The lowest BCUT2D eigenvalue weighted by molar-refractivity contribution is 0.0579. The molecule has 0 aliphatic heterocycles. The van der Waals surface area contributed by atoms with Crippen LogP contribution in [0.3, 0.4) is 0 Å². The molecule has 1 aliphatic rings. The summed E-state index contributed by atoms with van der Waals surface area (Å²) in [4.78, 5) is 0. The Balaban J connectivity index is 2.25. The number of aliphatic hydroxyl groups is 1. The Kier molecular flexibility index (Phi) is 3.53. The van der Waals surface area contributed by atoms with E-state index in [1.807, 2.05) is 0 Å². The molecule has 0 saturated heterocycles. The zero-order valence-electron chi connectivity index (χ0n) is 9.43. The number of anilines is 1. The average Bonchev–Trinajstić information content (AvgIpc) is 2.51. The summed E-state index contributed by atoms with van der Waals surface area (Å²) in [6, 6.07) is 2.31. The first-order chi connectivity index (χ1) is 7.90. The van der Waals surface area contributed by atoms with Crippen LogP contribution in [-0.2, 0) is 0 Å². The summed E-state index contributed by atoms with van der Waals surface area (Å²) in [7, 11) is 0. The number of nitrogens with one attached hydrogen (secondary N) is 1. The minimum Gasteiger partial charge on any atom is -0.388 e. The number of halogens is 3. The molecule has 1 saturated carbocycles. The van der Waals surface area contributed by atoms with Gasteiger partial charge >= 0.3 is 0 Å². The van der Waals surface area contributed by atoms with Crippen LogP contribution in [-0.4, -0.2) is 16.7 Å². The van der Waals surface area contributed by atoms with Gasteiger partial charge in [0, 0.05) is 0 Å². The highest BCUT2D eigenvalue weighted by atomic mass is 35.5. The van der Waals surface area contributed by atoms with E-state index >= 15 is 0 Å². The first-order valence-corrected chi connectivity index (χ1v) is 6.29. The average molecular weight is 278 g/mol. The summed E-state index contributed by atoms with van der Waals surface area (Å²) in [6.45, 7) is 1.78. The molecule has 94 valence electrons. The van der Waals surface area contributed by atoms with Gasteiger partial charge in [-0.15, -0.1) is 0 Å². The lowest BCUT2D eigenvalue weighted by Gasteiger charge is -2.28. The second-order valence-electron chi connectivity index (χ2n) is 4.69. The quantitative estimate of drug-likeness (QED) is 0.861. The van der Waals surface area contributed by atoms with Gasteiger partial charge in [0.15, 0.2) is 0 Å². The lowest BCUT2D eigenvalue weighted by atomic mass is 10.0. The van der Waals surface area contributed by atoms with Gasteiger partial charge in [-0.3, -0.25) is 0 Å². The van der Waals surface area contributed by atoms with Crippen molar-refractivity contribution in [1.29, 1.82) is 0 Å². The zero-order chi connectivity index (χ0) is 12.6. The first kappa shape index (κ1) is 12.9. The van der Waals surface area contributed by atoms with Crippen molar-refractivity contribution in [3.8, 4) is 0 Å². The lowest BCUT2D eigenvalue weighted by Crippen LogP contribution is -2.39. The molecule has 2 nitrogen and oxygen atoms in total. The topological polar surface area (TPSA) is 32.3 Å². The molecule has 1 aromatic carbocycles. The van der Waals surface area contributed by atoms with Crippen molar-refractivity contribution in [3.63, 3.8) is 0 Å². The smallest absolute Gasteiger partial charge is 0.126 e. The van der Waals surface area contributed by atoms with E-state index in [-0.39, 0.29) is 16.1 Å². The van der Waals surface area contributed by atoms with Gasteiger partial charge in [0.2, 0.25) is 0 Å². The number of hydrogen-bond donors (Lipinski definition) is 2. The summed E-state index contributed by atoms with van der Waals surface area (Å²) in [5.74, 6) is -0.469.